The Labute approximate surface area is 105 Å². The molecule has 1 atom stereocenters. The van der Waals surface area contributed by atoms with Crippen molar-refractivity contribution in [3.63, 3.8) is 0 Å². The van der Waals surface area contributed by atoms with Crippen molar-refractivity contribution in [1.82, 2.24) is 0 Å². The lowest BCUT2D eigenvalue weighted by atomic mass is 10.1. The summed E-state index contributed by atoms with van der Waals surface area (Å²) in [5.74, 6) is -0.908. The Balaban J connectivity index is 2.23. The summed E-state index contributed by atoms with van der Waals surface area (Å²) in [5.41, 5.74) is 6.49. The molecule has 1 aliphatic heterocycles. The van der Waals surface area contributed by atoms with Crippen molar-refractivity contribution in [3.05, 3.63) is 23.8 Å². The van der Waals surface area contributed by atoms with E-state index < -0.39 is 15.8 Å². The van der Waals surface area contributed by atoms with Gasteiger partial charge in [-0.3, -0.25) is 0 Å². The summed E-state index contributed by atoms with van der Waals surface area (Å²) in [4.78, 5) is 11.0. The Morgan fingerprint density at radius 1 is 1.44 bits per heavy atom. The van der Waals surface area contributed by atoms with Crippen molar-refractivity contribution in [2.45, 2.75) is 12.5 Å². The molecule has 98 valence electrons. The minimum absolute atomic E-state index is 0.0286. The molecule has 6 nitrogen and oxygen atoms in total. The van der Waals surface area contributed by atoms with Gasteiger partial charge in [0.05, 0.1) is 22.8 Å². The zero-order valence-corrected chi connectivity index (χ0v) is 10.4. The van der Waals surface area contributed by atoms with E-state index in [9.17, 15) is 13.2 Å². The average Bonchev–Trinajstić information content (AvgIpc) is 2.57. The third-order valence-electron chi connectivity index (χ3n) is 2.87. The second kappa shape index (κ2) is 4.49. The molecular formula is C11H14N2O4S. The normalized spacial score (nSPS) is 21.7. The van der Waals surface area contributed by atoms with Crippen LogP contribution in [0.15, 0.2) is 18.2 Å². The second-order valence-electron chi connectivity index (χ2n) is 4.35. The van der Waals surface area contributed by atoms with E-state index in [1.807, 2.05) is 0 Å². The van der Waals surface area contributed by atoms with Crippen LogP contribution >= 0.6 is 0 Å². The molecule has 1 saturated heterocycles. The minimum Gasteiger partial charge on any atom is -0.478 e. The van der Waals surface area contributed by atoms with Gasteiger partial charge in [0.15, 0.2) is 9.84 Å². The van der Waals surface area contributed by atoms with Crippen LogP contribution in [0.1, 0.15) is 16.8 Å². The van der Waals surface area contributed by atoms with Gasteiger partial charge in [-0.15, -0.1) is 0 Å². The maximum Gasteiger partial charge on any atom is 0.337 e. The van der Waals surface area contributed by atoms with E-state index in [1.165, 1.54) is 18.2 Å². The standard InChI is InChI=1S/C11H14N2O4S/c12-7-1-2-9(11(14)15)10(5-7)13-8-3-4-18(16,17)6-8/h1-2,5,8,13H,3-4,6,12H2,(H,14,15). The number of anilines is 2. The Bertz CT molecular complexity index is 583. The van der Waals surface area contributed by atoms with Crippen LogP contribution in [0.3, 0.4) is 0 Å². The zero-order chi connectivity index (χ0) is 13.3. The van der Waals surface area contributed by atoms with Gasteiger partial charge in [0, 0.05) is 11.7 Å². The van der Waals surface area contributed by atoms with E-state index in [1.54, 1.807) is 0 Å². The van der Waals surface area contributed by atoms with Crippen molar-refractivity contribution < 1.29 is 18.3 Å². The SMILES string of the molecule is Nc1ccc(C(=O)O)c(NC2CCS(=O)(=O)C2)c1. The summed E-state index contributed by atoms with van der Waals surface area (Å²) in [6.07, 6.45) is 0.482. The number of sulfone groups is 1. The minimum atomic E-state index is -3.00. The van der Waals surface area contributed by atoms with Crippen molar-refractivity contribution in [1.29, 1.82) is 0 Å². The molecule has 0 aliphatic carbocycles. The average molecular weight is 270 g/mol. The van der Waals surface area contributed by atoms with E-state index in [0.717, 1.165) is 0 Å². The highest BCUT2D eigenvalue weighted by molar-refractivity contribution is 7.91. The fraction of sp³-hybridized carbons (Fsp3) is 0.364. The highest BCUT2D eigenvalue weighted by Crippen LogP contribution is 2.23. The number of hydrogen-bond acceptors (Lipinski definition) is 5. The van der Waals surface area contributed by atoms with Crippen LogP contribution in [-0.4, -0.2) is 37.0 Å². The van der Waals surface area contributed by atoms with E-state index in [-0.39, 0.29) is 23.1 Å². The summed E-state index contributed by atoms with van der Waals surface area (Å²) < 4.78 is 22.7. The first kappa shape index (κ1) is 12.7. The van der Waals surface area contributed by atoms with Gasteiger partial charge in [0.2, 0.25) is 0 Å². The molecule has 1 fully saturated rings. The van der Waals surface area contributed by atoms with Crippen LogP contribution in [0.5, 0.6) is 0 Å². The lowest BCUT2D eigenvalue weighted by Crippen LogP contribution is -2.22. The van der Waals surface area contributed by atoms with Crippen LogP contribution in [0.2, 0.25) is 0 Å². The molecule has 18 heavy (non-hydrogen) atoms. The molecule has 0 amide bonds. The van der Waals surface area contributed by atoms with Gasteiger partial charge >= 0.3 is 5.97 Å². The van der Waals surface area contributed by atoms with Crippen molar-refractivity contribution in [3.8, 4) is 0 Å². The first-order valence-electron chi connectivity index (χ1n) is 5.47. The molecule has 1 heterocycles. The number of nitrogen functional groups attached to an aromatic ring is 1. The number of nitrogens with two attached hydrogens (primary N) is 1. The first-order chi connectivity index (χ1) is 8.37. The van der Waals surface area contributed by atoms with Crippen molar-refractivity contribution in [2.24, 2.45) is 0 Å². The lowest BCUT2D eigenvalue weighted by molar-refractivity contribution is 0.0698. The van der Waals surface area contributed by atoms with Crippen molar-refractivity contribution >= 4 is 27.2 Å². The van der Waals surface area contributed by atoms with Crippen LogP contribution in [-0.2, 0) is 9.84 Å². The molecule has 0 aromatic heterocycles. The summed E-state index contributed by atoms with van der Waals surface area (Å²) in [7, 11) is -3.00. The number of benzene rings is 1. The highest BCUT2D eigenvalue weighted by Gasteiger charge is 2.28. The fourth-order valence-corrected chi connectivity index (χ4v) is 3.67. The van der Waals surface area contributed by atoms with E-state index in [2.05, 4.69) is 5.32 Å². The van der Waals surface area contributed by atoms with Gasteiger partial charge in [-0.2, -0.15) is 0 Å². The Morgan fingerprint density at radius 2 is 2.17 bits per heavy atom. The molecule has 1 unspecified atom stereocenters. The lowest BCUT2D eigenvalue weighted by Gasteiger charge is -2.15. The molecule has 0 radical (unpaired) electrons. The molecule has 7 heteroatoms. The second-order valence-corrected chi connectivity index (χ2v) is 6.58. The molecule has 2 rings (SSSR count). The molecule has 1 aromatic carbocycles. The van der Waals surface area contributed by atoms with Gasteiger partial charge in [0.25, 0.3) is 0 Å². The van der Waals surface area contributed by atoms with Crippen LogP contribution < -0.4 is 11.1 Å². The Kier molecular flexibility index (Phi) is 3.16. The summed E-state index contributed by atoms with van der Waals surface area (Å²) in [5, 5.41) is 12.0. The van der Waals surface area contributed by atoms with Gasteiger partial charge in [0.1, 0.15) is 0 Å². The Morgan fingerprint density at radius 3 is 2.72 bits per heavy atom. The predicted octanol–water partition coefficient (Wildman–Crippen LogP) is 0.566. The third kappa shape index (κ3) is 2.73. The maximum absolute atomic E-state index is 11.3. The number of aromatic carboxylic acids is 1. The first-order valence-corrected chi connectivity index (χ1v) is 7.29. The number of hydrogen-bond donors (Lipinski definition) is 3. The third-order valence-corrected chi connectivity index (χ3v) is 4.63. The van der Waals surface area contributed by atoms with Crippen molar-refractivity contribution in [2.75, 3.05) is 22.6 Å². The van der Waals surface area contributed by atoms with E-state index in [4.69, 9.17) is 10.8 Å². The van der Waals surface area contributed by atoms with Crippen LogP contribution in [0.4, 0.5) is 11.4 Å². The number of nitrogens with one attached hydrogen (secondary N) is 1. The molecule has 0 saturated carbocycles. The maximum atomic E-state index is 11.3. The molecular weight excluding hydrogens is 256 g/mol. The van der Waals surface area contributed by atoms with Gasteiger partial charge < -0.3 is 16.2 Å². The molecule has 0 bridgehead atoms. The van der Waals surface area contributed by atoms with Crippen LogP contribution in [0.25, 0.3) is 0 Å². The van der Waals surface area contributed by atoms with E-state index in [0.29, 0.717) is 17.8 Å². The number of rotatable bonds is 3. The molecule has 1 aliphatic rings. The highest BCUT2D eigenvalue weighted by atomic mass is 32.2. The monoisotopic (exact) mass is 270 g/mol. The predicted molar refractivity (Wildman–Crippen MR) is 68.5 cm³/mol. The van der Waals surface area contributed by atoms with E-state index >= 15 is 0 Å². The molecule has 1 aromatic rings. The number of carbonyl (C=O) groups is 1. The molecule has 4 N–H and O–H groups in total. The zero-order valence-electron chi connectivity index (χ0n) is 9.59. The number of carboxylic acids is 1. The largest absolute Gasteiger partial charge is 0.478 e. The topological polar surface area (TPSA) is 109 Å². The van der Waals surface area contributed by atoms with Gasteiger partial charge in [-0.1, -0.05) is 0 Å². The smallest absolute Gasteiger partial charge is 0.337 e. The Hall–Kier alpha value is -1.76. The fourth-order valence-electron chi connectivity index (χ4n) is 2.00. The molecule has 0 spiro atoms. The quantitative estimate of drug-likeness (QED) is 0.692. The summed E-state index contributed by atoms with van der Waals surface area (Å²) in [6.45, 7) is 0. The number of carboxylic acid groups (broad SMARTS) is 1. The van der Waals surface area contributed by atoms with Gasteiger partial charge in [-0.25, -0.2) is 13.2 Å². The summed E-state index contributed by atoms with van der Waals surface area (Å²) >= 11 is 0. The van der Waals surface area contributed by atoms with Crippen LogP contribution in [0, 0.1) is 0 Å². The van der Waals surface area contributed by atoms with Gasteiger partial charge in [-0.05, 0) is 24.6 Å². The summed E-state index contributed by atoms with van der Waals surface area (Å²) in [6, 6.07) is 4.16.